The molecule has 0 aliphatic rings. The monoisotopic (exact) mass is 312 g/mol. The second kappa shape index (κ2) is 5.64. The van der Waals surface area contributed by atoms with Gasteiger partial charge in [0.2, 0.25) is 0 Å². The number of nitrogens with two attached hydrogens (primary N) is 1. The van der Waals surface area contributed by atoms with Gasteiger partial charge in [0, 0.05) is 11.8 Å². The van der Waals surface area contributed by atoms with Crippen LogP contribution in [0.2, 0.25) is 5.15 Å². The fourth-order valence-corrected chi connectivity index (χ4v) is 3.19. The van der Waals surface area contributed by atoms with E-state index in [0.717, 1.165) is 0 Å². The molecule has 6 nitrogen and oxygen atoms in total. The number of nitrogens with zero attached hydrogens (tertiary/aromatic N) is 2. The summed E-state index contributed by atoms with van der Waals surface area (Å²) in [6.45, 7) is 1.87. The van der Waals surface area contributed by atoms with Crippen LogP contribution < -0.4 is 10.5 Å². The predicted molar refractivity (Wildman–Crippen MR) is 78.1 cm³/mol. The van der Waals surface area contributed by atoms with Crippen LogP contribution in [0.4, 0.5) is 11.5 Å². The Labute approximate surface area is 122 Å². The van der Waals surface area contributed by atoms with Crippen LogP contribution in [0.5, 0.6) is 0 Å². The molecule has 0 spiro atoms. The molecule has 0 aliphatic carbocycles. The highest BCUT2D eigenvalue weighted by atomic mass is 35.5. The van der Waals surface area contributed by atoms with Crippen molar-refractivity contribution in [2.24, 2.45) is 0 Å². The van der Waals surface area contributed by atoms with Gasteiger partial charge in [-0.05, 0) is 24.1 Å². The number of sulfonamides is 1. The molecule has 0 aliphatic heterocycles. The average molecular weight is 313 g/mol. The number of anilines is 2. The van der Waals surface area contributed by atoms with Crippen LogP contribution in [0.3, 0.4) is 0 Å². The molecule has 1 heterocycles. The minimum atomic E-state index is -3.77. The summed E-state index contributed by atoms with van der Waals surface area (Å²) in [4.78, 5) is 7.64. The first-order valence-electron chi connectivity index (χ1n) is 5.81. The Kier molecular flexibility index (Phi) is 4.10. The Balaban J connectivity index is 2.43. The zero-order chi connectivity index (χ0) is 14.8. The van der Waals surface area contributed by atoms with E-state index in [1.807, 2.05) is 6.92 Å². The Bertz CT molecular complexity index is 734. The van der Waals surface area contributed by atoms with E-state index in [-0.39, 0.29) is 15.9 Å². The lowest BCUT2D eigenvalue weighted by atomic mass is 10.1. The summed E-state index contributed by atoms with van der Waals surface area (Å²) < 4.78 is 27.1. The smallest absolute Gasteiger partial charge is 0.263 e. The summed E-state index contributed by atoms with van der Waals surface area (Å²) in [7, 11) is -3.77. The first kappa shape index (κ1) is 14.5. The molecule has 2 aromatic rings. The average Bonchev–Trinajstić information content (AvgIpc) is 2.38. The van der Waals surface area contributed by atoms with Crippen molar-refractivity contribution in [1.82, 2.24) is 9.97 Å². The molecule has 20 heavy (non-hydrogen) atoms. The number of nitrogens with one attached hydrogen (secondary N) is 1. The van der Waals surface area contributed by atoms with Crippen molar-refractivity contribution >= 4 is 33.1 Å². The summed E-state index contributed by atoms with van der Waals surface area (Å²) in [5.41, 5.74) is 6.71. The third kappa shape index (κ3) is 3.17. The van der Waals surface area contributed by atoms with Crippen LogP contribution in [0.25, 0.3) is 0 Å². The molecule has 8 heteroatoms. The van der Waals surface area contributed by atoms with Crippen molar-refractivity contribution in [3.05, 3.63) is 41.3 Å². The summed E-state index contributed by atoms with van der Waals surface area (Å²) >= 11 is 5.70. The quantitative estimate of drug-likeness (QED) is 0.665. The van der Waals surface area contributed by atoms with Gasteiger partial charge in [-0.3, -0.25) is 4.72 Å². The molecule has 1 aromatic heterocycles. The van der Waals surface area contributed by atoms with Crippen LogP contribution >= 0.6 is 11.6 Å². The molecule has 0 atom stereocenters. The number of aromatic nitrogens is 2. The van der Waals surface area contributed by atoms with Gasteiger partial charge in [0.15, 0.2) is 0 Å². The second-order valence-corrected chi connectivity index (χ2v) is 6.09. The van der Waals surface area contributed by atoms with E-state index < -0.39 is 10.0 Å². The van der Waals surface area contributed by atoms with Crippen LogP contribution in [0, 0.1) is 0 Å². The molecule has 0 bridgehead atoms. The van der Waals surface area contributed by atoms with Crippen molar-refractivity contribution in [3.8, 4) is 0 Å². The van der Waals surface area contributed by atoms with Gasteiger partial charge in [0.05, 0.1) is 4.90 Å². The Hall–Kier alpha value is -1.86. The summed E-state index contributed by atoms with van der Waals surface area (Å²) in [5, 5.41) is 0.154. The highest BCUT2D eigenvalue weighted by Crippen LogP contribution is 2.22. The fourth-order valence-electron chi connectivity index (χ4n) is 1.70. The van der Waals surface area contributed by atoms with E-state index in [1.54, 1.807) is 12.1 Å². The predicted octanol–water partition coefficient (Wildman–Crippen LogP) is 2.08. The first-order valence-corrected chi connectivity index (χ1v) is 7.67. The minimum absolute atomic E-state index is 0.106. The van der Waals surface area contributed by atoms with Crippen LogP contribution in [-0.2, 0) is 16.4 Å². The number of benzene rings is 1. The molecule has 0 amide bonds. The summed E-state index contributed by atoms with van der Waals surface area (Å²) in [6.07, 6.45) is 1.75. The molecule has 0 saturated heterocycles. The Morgan fingerprint density at radius 1 is 1.30 bits per heavy atom. The third-order valence-corrected chi connectivity index (χ3v) is 4.28. The van der Waals surface area contributed by atoms with Crippen molar-refractivity contribution in [1.29, 1.82) is 0 Å². The first-order chi connectivity index (χ1) is 9.42. The maximum atomic E-state index is 12.4. The van der Waals surface area contributed by atoms with E-state index in [2.05, 4.69) is 14.7 Å². The maximum Gasteiger partial charge on any atom is 0.263 e. The van der Waals surface area contributed by atoms with Crippen LogP contribution in [-0.4, -0.2) is 18.4 Å². The van der Waals surface area contributed by atoms with E-state index in [9.17, 15) is 8.42 Å². The van der Waals surface area contributed by atoms with E-state index in [1.165, 1.54) is 18.5 Å². The van der Waals surface area contributed by atoms with Gasteiger partial charge in [-0.2, -0.15) is 0 Å². The van der Waals surface area contributed by atoms with Crippen molar-refractivity contribution in [3.63, 3.8) is 0 Å². The van der Waals surface area contributed by atoms with Crippen molar-refractivity contribution in [2.45, 2.75) is 18.2 Å². The zero-order valence-corrected chi connectivity index (χ0v) is 12.2. The normalized spacial score (nSPS) is 11.3. The number of nitrogen functional groups attached to an aromatic ring is 1. The SMILES string of the molecule is CCc1ccc(N)cc1S(=O)(=O)Nc1cc(Cl)ncn1. The van der Waals surface area contributed by atoms with Gasteiger partial charge < -0.3 is 5.73 Å². The van der Waals surface area contributed by atoms with Crippen LogP contribution in [0.15, 0.2) is 35.5 Å². The number of hydrogen-bond acceptors (Lipinski definition) is 5. The lowest BCUT2D eigenvalue weighted by Crippen LogP contribution is -2.16. The highest BCUT2D eigenvalue weighted by molar-refractivity contribution is 7.92. The van der Waals surface area contributed by atoms with Gasteiger partial charge in [0.1, 0.15) is 17.3 Å². The lowest BCUT2D eigenvalue weighted by Gasteiger charge is -2.11. The van der Waals surface area contributed by atoms with E-state index in [0.29, 0.717) is 17.7 Å². The third-order valence-electron chi connectivity index (χ3n) is 2.63. The van der Waals surface area contributed by atoms with Crippen LogP contribution in [0.1, 0.15) is 12.5 Å². The highest BCUT2D eigenvalue weighted by Gasteiger charge is 2.19. The van der Waals surface area contributed by atoms with E-state index >= 15 is 0 Å². The molecule has 3 N–H and O–H groups in total. The largest absolute Gasteiger partial charge is 0.399 e. The Morgan fingerprint density at radius 2 is 2.05 bits per heavy atom. The number of rotatable bonds is 4. The lowest BCUT2D eigenvalue weighted by molar-refractivity contribution is 0.600. The van der Waals surface area contributed by atoms with Gasteiger partial charge >= 0.3 is 0 Å². The molecular formula is C12H13ClN4O2S. The van der Waals surface area contributed by atoms with Gasteiger partial charge in [-0.1, -0.05) is 24.6 Å². The van der Waals surface area contributed by atoms with Crippen molar-refractivity contribution in [2.75, 3.05) is 10.5 Å². The molecule has 2 rings (SSSR count). The van der Waals surface area contributed by atoms with Gasteiger partial charge in [-0.15, -0.1) is 0 Å². The summed E-state index contributed by atoms with van der Waals surface area (Å²) in [5.74, 6) is 0.106. The summed E-state index contributed by atoms with van der Waals surface area (Å²) in [6, 6.07) is 6.11. The second-order valence-electron chi connectivity index (χ2n) is 4.05. The Morgan fingerprint density at radius 3 is 2.70 bits per heavy atom. The minimum Gasteiger partial charge on any atom is -0.399 e. The number of hydrogen-bond donors (Lipinski definition) is 2. The molecule has 106 valence electrons. The van der Waals surface area contributed by atoms with E-state index in [4.69, 9.17) is 17.3 Å². The van der Waals surface area contributed by atoms with Crippen molar-refractivity contribution < 1.29 is 8.42 Å². The number of halogens is 1. The molecule has 0 radical (unpaired) electrons. The zero-order valence-electron chi connectivity index (χ0n) is 10.7. The number of aryl methyl sites for hydroxylation is 1. The molecule has 1 aromatic carbocycles. The van der Waals surface area contributed by atoms with Gasteiger partial charge in [0.25, 0.3) is 10.0 Å². The topological polar surface area (TPSA) is 98.0 Å². The maximum absolute atomic E-state index is 12.4. The molecule has 0 unspecified atom stereocenters. The fraction of sp³-hybridized carbons (Fsp3) is 0.167. The standard InChI is InChI=1S/C12H13ClN4O2S/c1-2-8-3-4-9(14)5-10(8)20(18,19)17-12-6-11(13)15-7-16-12/h3-7H,2,14H2,1H3,(H,15,16,17). The molecular weight excluding hydrogens is 300 g/mol. The molecule has 0 saturated carbocycles. The molecule has 0 fully saturated rings. The van der Waals surface area contributed by atoms with Gasteiger partial charge in [-0.25, -0.2) is 18.4 Å².